The zero-order valence-corrected chi connectivity index (χ0v) is 11.0. The quantitative estimate of drug-likeness (QED) is 0.593. The van der Waals surface area contributed by atoms with Crippen molar-refractivity contribution in [3.05, 3.63) is 35.9 Å². The Hall–Kier alpha value is -1.35. The molecule has 0 atom stereocenters. The fourth-order valence-corrected chi connectivity index (χ4v) is 2.52. The van der Waals surface area contributed by atoms with Crippen molar-refractivity contribution < 1.29 is 4.79 Å². The van der Waals surface area contributed by atoms with Crippen molar-refractivity contribution in [1.82, 2.24) is 4.98 Å². The van der Waals surface area contributed by atoms with Gasteiger partial charge in [-0.05, 0) is 12.1 Å². The number of aromatic nitrogens is 1. The molecule has 3 heteroatoms. The van der Waals surface area contributed by atoms with Gasteiger partial charge in [-0.25, -0.2) is 4.98 Å². The maximum Gasteiger partial charge on any atom is 0.152 e. The summed E-state index contributed by atoms with van der Waals surface area (Å²) in [4.78, 5) is 15.7. The molecule has 0 aliphatic carbocycles. The number of carbonyl (C=O) groups is 1. The average Bonchev–Trinajstić information content (AvgIpc) is 2.26. The normalized spacial score (nSPS) is 11.7. The first-order chi connectivity index (χ1) is 7.99. The maximum absolute atomic E-state index is 11.1. The molecule has 0 amide bonds. The summed E-state index contributed by atoms with van der Waals surface area (Å²) in [7, 11) is 0. The number of para-hydroxylation sites is 1. The molecule has 17 heavy (non-hydrogen) atoms. The minimum atomic E-state index is 0.0488. The molecule has 2 nitrogen and oxygen atoms in total. The van der Waals surface area contributed by atoms with Crippen molar-refractivity contribution in [3.8, 4) is 0 Å². The van der Waals surface area contributed by atoms with E-state index in [9.17, 15) is 4.79 Å². The minimum absolute atomic E-state index is 0.0488. The van der Waals surface area contributed by atoms with Gasteiger partial charge in [0.15, 0.2) is 6.29 Å². The van der Waals surface area contributed by atoms with Crippen LogP contribution in [-0.4, -0.2) is 16.0 Å². The van der Waals surface area contributed by atoms with Crippen LogP contribution in [0.5, 0.6) is 0 Å². The number of hydrogen-bond donors (Lipinski definition) is 0. The summed E-state index contributed by atoms with van der Waals surface area (Å²) in [6.07, 6.45) is 0.882. The molecule has 0 fully saturated rings. The molecule has 0 aliphatic rings. The van der Waals surface area contributed by atoms with E-state index in [2.05, 4.69) is 25.8 Å². The average molecular weight is 245 g/mol. The summed E-state index contributed by atoms with van der Waals surface area (Å²) in [5.74, 6) is 0. The second kappa shape index (κ2) is 4.49. The van der Waals surface area contributed by atoms with Gasteiger partial charge in [0.1, 0.15) is 5.03 Å². The SMILES string of the molecule is CC(C)(C)Sc1nc2ccccc2cc1C=O. The van der Waals surface area contributed by atoms with Gasteiger partial charge in [0.2, 0.25) is 0 Å². The first kappa shape index (κ1) is 12.1. The molecule has 0 aliphatic heterocycles. The number of fused-ring (bicyclic) bond motifs is 1. The fraction of sp³-hybridized carbons (Fsp3) is 0.286. The van der Waals surface area contributed by atoms with E-state index in [1.807, 2.05) is 30.3 Å². The number of aldehydes is 1. The molecule has 1 aromatic carbocycles. The monoisotopic (exact) mass is 245 g/mol. The van der Waals surface area contributed by atoms with Crippen LogP contribution in [0.3, 0.4) is 0 Å². The third-order valence-electron chi connectivity index (χ3n) is 2.25. The number of thioether (sulfide) groups is 1. The third-order valence-corrected chi connectivity index (χ3v) is 3.38. The molecule has 0 bridgehead atoms. The minimum Gasteiger partial charge on any atom is -0.298 e. The fourth-order valence-electron chi connectivity index (χ4n) is 1.57. The van der Waals surface area contributed by atoms with E-state index >= 15 is 0 Å². The molecule has 0 saturated carbocycles. The van der Waals surface area contributed by atoms with Gasteiger partial charge < -0.3 is 0 Å². The van der Waals surface area contributed by atoms with E-state index in [4.69, 9.17) is 0 Å². The van der Waals surface area contributed by atoms with Gasteiger partial charge >= 0.3 is 0 Å². The van der Waals surface area contributed by atoms with Crippen LogP contribution < -0.4 is 0 Å². The largest absolute Gasteiger partial charge is 0.298 e. The van der Waals surface area contributed by atoms with Gasteiger partial charge in [0, 0.05) is 15.7 Å². The molecule has 2 aromatic rings. The first-order valence-electron chi connectivity index (χ1n) is 5.53. The summed E-state index contributed by atoms with van der Waals surface area (Å²) < 4.78 is 0.0488. The highest BCUT2D eigenvalue weighted by atomic mass is 32.2. The summed E-state index contributed by atoms with van der Waals surface area (Å²) in [5.41, 5.74) is 1.61. The van der Waals surface area contributed by atoms with Crippen LogP contribution in [0.2, 0.25) is 0 Å². The Morgan fingerprint density at radius 2 is 1.94 bits per heavy atom. The van der Waals surface area contributed by atoms with Crippen LogP contribution in [0, 0.1) is 0 Å². The van der Waals surface area contributed by atoms with E-state index < -0.39 is 0 Å². The lowest BCUT2D eigenvalue weighted by molar-refractivity contribution is 0.112. The molecule has 0 spiro atoms. The number of carbonyl (C=O) groups excluding carboxylic acids is 1. The highest BCUT2D eigenvalue weighted by molar-refractivity contribution is 8.00. The lowest BCUT2D eigenvalue weighted by Gasteiger charge is -2.18. The predicted octanol–water partition coefficient (Wildman–Crippen LogP) is 3.94. The van der Waals surface area contributed by atoms with Crippen molar-refractivity contribution in [2.75, 3.05) is 0 Å². The van der Waals surface area contributed by atoms with Crippen molar-refractivity contribution >= 4 is 29.0 Å². The number of rotatable bonds is 2. The topological polar surface area (TPSA) is 30.0 Å². The van der Waals surface area contributed by atoms with Crippen LogP contribution in [0.15, 0.2) is 35.4 Å². The van der Waals surface area contributed by atoms with E-state index in [-0.39, 0.29) is 4.75 Å². The predicted molar refractivity (Wildman–Crippen MR) is 72.7 cm³/mol. The van der Waals surface area contributed by atoms with Crippen molar-refractivity contribution in [2.45, 2.75) is 30.5 Å². The highest BCUT2D eigenvalue weighted by Gasteiger charge is 2.16. The second-order valence-corrected chi connectivity index (χ2v) is 6.72. The summed E-state index contributed by atoms with van der Waals surface area (Å²) >= 11 is 1.62. The van der Waals surface area contributed by atoms with Crippen LogP contribution in [0.4, 0.5) is 0 Å². The van der Waals surface area contributed by atoms with Crippen molar-refractivity contribution in [1.29, 1.82) is 0 Å². The summed E-state index contributed by atoms with van der Waals surface area (Å²) in [5, 5.41) is 1.82. The Morgan fingerprint density at radius 3 is 2.59 bits per heavy atom. The molecular weight excluding hydrogens is 230 g/mol. The van der Waals surface area contributed by atoms with Gasteiger partial charge in [-0.1, -0.05) is 50.7 Å². The molecule has 0 saturated heterocycles. The molecule has 88 valence electrons. The Kier molecular flexibility index (Phi) is 3.20. The van der Waals surface area contributed by atoms with Crippen LogP contribution in [0.1, 0.15) is 31.1 Å². The first-order valence-corrected chi connectivity index (χ1v) is 6.35. The van der Waals surface area contributed by atoms with Gasteiger partial charge in [-0.3, -0.25) is 4.79 Å². The van der Waals surface area contributed by atoms with Gasteiger partial charge in [0.05, 0.1) is 5.52 Å². The van der Waals surface area contributed by atoms with E-state index in [0.29, 0.717) is 5.56 Å². The molecular formula is C14H15NOS. The molecule has 1 heterocycles. The zero-order chi connectivity index (χ0) is 12.5. The highest BCUT2D eigenvalue weighted by Crippen LogP contribution is 2.33. The zero-order valence-electron chi connectivity index (χ0n) is 10.2. The van der Waals surface area contributed by atoms with Gasteiger partial charge in [-0.15, -0.1) is 0 Å². The van der Waals surface area contributed by atoms with Gasteiger partial charge in [-0.2, -0.15) is 0 Å². The molecule has 2 rings (SSSR count). The standard InChI is InChI=1S/C14H15NOS/c1-14(2,3)17-13-11(9-16)8-10-6-4-5-7-12(10)15-13/h4-9H,1-3H3. The maximum atomic E-state index is 11.1. The van der Waals surface area contributed by atoms with Gasteiger partial charge in [0.25, 0.3) is 0 Å². The number of benzene rings is 1. The summed E-state index contributed by atoms with van der Waals surface area (Å²) in [6, 6.07) is 9.76. The van der Waals surface area contributed by atoms with Crippen LogP contribution >= 0.6 is 11.8 Å². The number of nitrogens with zero attached hydrogens (tertiary/aromatic N) is 1. The smallest absolute Gasteiger partial charge is 0.152 e. The number of hydrogen-bond acceptors (Lipinski definition) is 3. The molecule has 0 unspecified atom stereocenters. The third kappa shape index (κ3) is 2.86. The molecule has 0 N–H and O–H groups in total. The van der Waals surface area contributed by atoms with Crippen molar-refractivity contribution in [3.63, 3.8) is 0 Å². The van der Waals surface area contributed by atoms with E-state index in [1.54, 1.807) is 11.8 Å². The Labute approximate surface area is 105 Å². The van der Waals surface area contributed by atoms with Crippen LogP contribution in [0.25, 0.3) is 10.9 Å². The lowest BCUT2D eigenvalue weighted by Crippen LogP contribution is -2.08. The second-order valence-electron chi connectivity index (χ2n) is 4.91. The summed E-state index contributed by atoms with van der Waals surface area (Å²) in [6.45, 7) is 6.34. The Bertz CT molecular complexity index is 558. The van der Waals surface area contributed by atoms with E-state index in [1.165, 1.54) is 0 Å². The Balaban J connectivity index is 2.57. The number of pyridine rings is 1. The molecule has 0 radical (unpaired) electrons. The van der Waals surface area contributed by atoms with E-state index in [0.717, 1.165) is 22.2 Å². The van der Waals surface area contributed by atoms with Crippen molar-refractivity contribution in [2.24, 2.45) is 0 Å². The lowest BCUT2D eigenvalue weighted by atomic mass is 10.2. The van der Waals surface area contributed by atoms with Crippen LogP contribution in [-0.2, 0) is 0 Å². The molecule has 1 aromatic heterocycles. The Morgan fingerprint density at radius 1 is 1.24 bits per heavy atom.